The number of benzene rings is 1. The molecule has 0 saturated carbocycles. The lowest BCUT2D eigenvalue weighted by molar-refractivity contribution is -0.140. The van der Waals surface area contributed by atoms with Gasteiger partial charge in [-0.15, -0.1) is 0 Å². The molecular formula is C11H15NO3S. The number of ether oxygens (including phenoxy) is 1. The molecular weight excluding hydrogens is 226 g/mol. The van der Waals surface area contributed by atoms with Crippen molar-refractivity contribution < 1.29 is 13.7 Å². The summed E-state index contributed by atoms with van der Waals surface area (Å²) >= 11 is 0. The standard InChI is InChI=1S/C11H15NO3S/c1-15-11(13)8-5-9-3-6-10(7-4-9)16(2,12)14/h3-4,6-7,12H,5,8H2,1-2H3. The molecule has 0 bridgehead atoms. The van der Waals surface area contributed by atoms with Crippen molar-refractivity contribution in [1.82, 2.24) is 0 Å². The minimum Gasteiger partial charge on any atom is -0.469 e. The summed E-state index contributed by atoms with van der Waals surface area (Å²) in [6, 6.07) is 6.91. The van der Waals surface area contributed by atoms with Crippen molar-refractivity contribution in [3.63, 3.8) is 0 Å². The molecule has 0 aliphatic rings. The first-order valence-corrected chi connectivity index (χ1v) is 6.79. The predicted octanol–water partition coefficient (Wildman–Crippen LogP) is 1.83. The van der Waals surface area contributed by atoms with E-state index in [0.29, 0.717) is 17.7 Å². The Morgan fingerprint density at radius 1 is 1.38 bits per heavy atom. The second-order valence-electron chi connectivity index (χ2n) is 3.56. The van der Waals surface area contributed by atoms with E-state index >= 15 is 0 Å². The lowest BCUT2D eigenvalue weighted by Crippen LogP contribution is -2.02. The zero-order valence-electron chi connectivity index (χ0n) is 9.36. The molecule has 88 valence electrons. The van der Waals surface area contributed by atoms with Gasteiger partial charge in [-0.1, -0.05) is 12.1 Å². The highest BCUT2D eigenvalue weighted by Gasteiger charge is 2.04. The monoisotopic (exact) mass is 241 g/mol. The van der Waals surface area contributed by atoms with Gasteiger partial charge in [-0.2, -0.15) is 0 Å². The topological polar surface area (TPSA) is 67.2 Å². The van der Waals surface area contributed by atoms with Crippen molar-refractivity contribution in [2.24, 2.45) is 0 Å². The van der Waals surface area contributed by atoms with Crippen molar-refractivity contribution >= 4 is 15.7 Å². The zero-order chi connectivity index (χ0) is 12.2. The Labute approximate surface area is 95.6 Å². The SMILES string of the molecule is COC(=O)CCc1ccc(S(C)(=N)=O)cc1. The summed E-state index contributed by atoms with van der Waals surface area (Å²) in [5.41, 5.74) is 0.970. The molecule has 0 fully saturated rings. The third kappa shape index (κ3) is 3.66. The van der Waals surface area contributed by atoms with Crippen LogP contribution in [0.5, 0.6) is 0 Å². The molecule has 1 rings (SSSR count). The van der Waals surface area contributed by atoms with Crippen LogP contribution in [-0.2, 0) is 25.7 Å². The van der Waals surface area contributed by atoms with E-state index in [1.807, 2.05) is 0 Å². The van der Waals surface area contributed by atoms with Crippen LogP contribution in [0.3, 0.4) is 0 Å². The summed E-state index contributed by atoms with van der Waals surface area (Å²) in [4.78, 5) is 11.4. The summed E-state index contributed by atoms with van der Waals surface area (Å²) in [5, 5.41) is 0. The summed E-state index contributed by atoms with van der Waals surface area (Å²) < 4.78 is 23.3. The highest BCUT2D eigenvalue weighted by atomic mass is 32.2. The van der Waals surface area contributed by atoms with Gasteiger partial charge in [0.1, 0.15) is 0 Å². The van der Waals surface area contributed by atoms with Crippen molar-refractivity contribution in [2.75, 3.05) is 13.4 Å². The van der Waals surface area contributed by atoms with Crippen LogP contribution >= 0.6 is 0 Å². The second-order valence-corrected chi connectivity index (χ2v) is 5.72. The first kappa shape index (κ1) is 12.7. The van der Waals surface area contributed by atoms with Gasteiger partial charge in [0.2, 0.25) is 0 Å². The summed E-state index contributed by atoms with van der Waals surface area (Å²) in [6.07, 6.45) is 2.31. The van der Waals surface area contributed by atoms with Crippen molar-refractivity contribution in [3.8, 4) is 0 Å². The van der Waals surface area contributed by atoms with Crippen LogP contribution in [-0.4, -0.2) is 23.5 Å². The fourth-order valence-electron chi connectivity index (χ4n) is 1.26. The number of hydrogen-bond acceptors (Lipinski definition) is 4. The minimum absolute atomic E-state index is 0.246. The summed E-state index contributed by atoms with van der Waals surface area (Å²) in [7, 11) is -1.29. The highest BCUT2D eigenvalue weighted by molar-refractivity contribution is 7.91. The number of hydrogen-bond donors (Lipinski definition) is 1. The maximum absolute atomic E-state index is 11.4. The Balaban J connectivity index is 2.69. The van der Waals surface area contributed by atoms with E-state index in [9.17, 15) is 9.00 Å². The average Bonchev–Trinajstić information content (AvgIpc) is 2.25. The molecule has 4 nitrogen and oxygen atoms in total. The number of carbonyl (C=O) groups excluding carboxylic acids is 1. The fraction of sp³-hybridized carbons (Fsp3) is 0.364. The maximum atomic E-state index is 11.4. The molecule has 1 unspecified atom stereocenters. The summed E-state index contributed by atoms with van der Waals surface area (Å²) in [5.74, 6) is -0.246. The molecule has 1 atom stereocenters. The van der Waals surface area contributed by atoms with Crippen LogP contribution in [0.15, 0.2) is 29.2 Å². The number of rotatable bonds is 4. The van der Waals surface area contributed by atoms with Crippen molar-refractivity contribution in [1.29, 1.82) is 4.78 Å². The normalized spacial score (nSPS) is 14.1. The quantitative estimate of drug-likeness (QED) is 0.818. The van der Waals surface area contributed by atoms with E-state index in [2.05, 4.69) is 4.74 Å². The van der Waals surface area contributed by atoms with E-state index in [4.69, 9.17) is 4.78 Å². The van der Waals surface area contributed by atoms with Gasteiger partial charge in [-0.3, -0.25) is 4.79 Å². The van der Waals surface area contributed by atoms with E-state index in [0.717, 1.165) is 5.56 Å². The number of methoxy groups -OCH3 is 1. The molecule has 1 aromatic rings. The molecule has 0 spiro atoms. The van der Waals surface area contributed by atoms with Gasteiger partial charge in [0.05, 0.1) is 16.8 Å². The largest absolute Gasteiger partial charge is 0.469 e. The smallest absolute Gasteiger partial charge is 0.305 e. The lowest BCUT2D eigenvalue weighted by atomic mass is 10.1. The van der Waals surface area contributed by atoms with Gasteiger partial charge in [0, 0.05) is 17.6 Å². The number of nitrogens with one attached hydrogen (secondary N) is 1. The average molecular weight is 241 g/mol. The van der Waals surface area contributed by atoms with Crippen LogP contribution in [0.1, 0.15) is 12.0 Å². The van der Waals surface area contributed by atoms with Crippen LogP contribution in [0.25, 0.3) is 0 Å². The number of aryl methyl sites for hydroxylation is 1. The molecule has 0 aromatic heterocycles. The van der Waals surface area contributed by atoms with Crippen LogP contribution in [0.2, 0.25) is 0 Å². The van der Waals surface area contributed by atoms with Gasteiger partial charge < -0.3 is 4.74 Å². The van der Waals surface area contributed by atoms with Gasteiger partial charge in [0.15, 0.2) is 0 Å². The van der Waals surface area contributed by atoms with Gasteiger partial charge >= 0.3 is 5.97 Å². The molecule has 5 heteroatoms. The Kier molecular flexibility index (Phi) is 4.06. The van der Waals surface area contributed by atoms with Crippen molar-refractivity contribution in [3.05, 3.63) is 29.8 Å². The number of carbonyl (C=O) groups is 1. The van der Waals surface area contributed by atoms with Crippen LogP contribution < -0.4 is 0 Å². The first-order chi connectivity index (χ1) is 7.43. The van der Waals surface area contributed by atoms with E-state index < -0.39 is 9.73 Å². The predicted molar refractivity (Wildman–Crippen MR) is 61.8 cm³/mol. The highest BCUT2D eigenvalue weighted by Crippen LogP contribution is 2.12. The molecule has 0 aliphatic heterocycles. The van der Waals surface area contributed by atoms with Gasteiger partial charge in [-0.05, 0) is 24.1 Å². The Morgan fingerprint density at radius 2 is 1.94 bits per heavy atom. The zero-order valence-corrected chi connectivity index (χ0v) is 10.2. The molecule has 0 amide bonds. The molecule has 1 aromatic carbocycles. The third-order valence-electron chi connectivity index (χ3n) is 2.22. The Morgan fingerprint density at radius 3 is 2.38 bits per heavy atom. The molecule has 1 N–H and O–H groups in total. The fourth-order valence-corrected chi connectivity index (χ4v) is 1.92. The van der Waals surface area contributed by atoms with E-state index in [-0.39, 0.29) is 5.97 Å². The van der Waals surface area contributed by atoms with E-state index in [1.54, 1.807) is 24.3 Å². The van der Waals surface area contributed by atoms with E-state index in [1.165, 1.54) is 13.4 Å². The minimum atomic E-state index is -2.65. The van der Waals surface area contributed by atoms with Crippen molar-refractivity contribution in [2.45, 2.75) is 17.7 Å². The first-order valence-electron chi connectivity index (χ1n) is 4.83. The summed E-state index contributed by atoms with van der Waals surface area (Å²) in [6.45, 7) is 0. The second kappa shape index (κ2) is 5.12. The molecule has 0 radical (unpaired) electrons. The van der Waals surface area contributed by atoms with Crippen LogP contribution in [0, 0.1) is 4.78 Å². The molecule has 0 heterocycles. The Hall–Kier alpha value is -1.36. The lowest BCUT2D eigenvalue weighted by Gasteiger charge is -2.03. The Bertz CT molecular complexity index is 463. The third-order valence-corrected chi connectivity index (χ3v) is 3.39. The van der Waals surface area contributed by atoms with Gasteiger partial charge in [-0.25, -0.2) is 8.99 Å². The molecule has 0 saturated heterocycles. The molecule has 16 heavy (non-hydrogen) atoms. The number of esters is 1. The van der Waals surface area contributed by atoms with Gasteiger partial charge in [0.25, 0.3) is 0 Å². The van der Waals surface area contributed by atoms with Crippen LogP contribution in [0.4, 0.5) is 0 Å². The molecule has 0 aliphatic carbocycles. The maximum Gasteiger partial charge on any atom is 0.305 e.